The summed E-state index contributed by atoms with van der Waals surface area (Å²) in [7, 11) is 0. The first-order chi connectivity index (χ1) is 10.8. The van der Waals surface area contributed by atoms with Crippen LogP contribution in [0.2, 0.25) is 5.02 Å². The van der Waals surface area contributed by atoms with Crippen molar-refractivity contribution in [3.8, 4) is 0 Å². The van der Waals surface area contributed by atoms with Crippen molar-refractivity contribution in [3.63, 3.8) is 0 Å². The second kappa shape index (κ2) is 9.00. The molecule has 0 bridgehead atoms. The lowest BCUT2D eigenvalue weighted by molar-refractivity contribution is -0.121. The van der Waals surface area contributed by atoms with Gasteiger partial charge >= 0.3 is 0 Å². The second-order valence-electron chi connectivity index (χ2n) is 4.79. The Balaban J connectivity index is 1.57. The number of aromatic nitrogens is 2. The van der Waals surface area contributed by atoms with Gasteiger partial charge in [-0.05, 0) is 30.5 Å². The molecule has 0 radical (unpaired) electrons. The summed E-state index contributed by atoms with van der Waals surface area (Å²) in [6.45, 7) is 1.34. The van der Waals surface area contributed by atoms with Gasteiger partial charge in [0.25, 0.3) is 0 Å². The zero-order chi connectivity index (χ0) is 15.6. The van der Waals surface area contributed by atoms with E-state index in [0.29, 0.717) is 30.4 Å². The van der Waals surface area contributed by atoms with Crippen LogP contribution in [0.1, 0.15) is 18.4 Å². The molecule has 0 unspecified atom stereocenters. The van der Waals surface area contributed by atoms with Gasteiger partial charge in [-0.25, -0.2) is 9.97 Å². The van der Waals surface area contributed by atoms with E-state index in [2.05, 4.69) is 20.6 Å². The first kappa shape index (κ1) is 16.2. The lowest BCUT2D eigenvalue weighted by atomic mass is 10.1. The van der Waals surface area contributed by atoms with Gasteiger partial charge in [0.05, 0.1) is 0 Å². The normalized spacial score (nSPS) is 10.2. The molecule has 2 rings (SSSR count). The lowest BCUT2D eigenvalue weighted by Gasteiger charge is -2.07. The highest BCUT2D eigenvalue weighted by molar-refractivity contribution is 6.31. The van der Waals surface area contributed by atoms with Crippen molar-refractivity contribution in [2.75, 3.05) is 18.4 Å². The van der Waals surface area contributed by atoms with Gasteiger partial charge in [-0.3, -0.25) is 4.79 Å². The summed E-state index contributed by atoms with van der Waals surface area (Å²) in [5, 5.41) is 6.70. The van der Waals surface area contributed by atoms with E-state index in [-0.39, 0.29) is 5.91 Å². The van der Waals surface area contributed by atoms with Crippen LogP contribution in [0.3, 0.4) is 0 Å². The van der Waals surface area contributed by atoms with Gasteiger partial charge < -0.3 is 10.6 Å². The Morgan fingerprint density at radius 1 is 1.09 bits per heavy atom. The maximum Gasteiger partial charge on any atom is 0.222 e. The number of carbonyl (C=O) groups excluding carboxylic acids is 1. The van der Waals surface area contributed by atoms with Crippen molar-refractivity contribution in [1.29, 1.82) is 0 Å². The Morgan fingerprint density at radius 2 is 1.86 bits per heavy atom. The van der Waals surface area contributed by atoms with Gasteiger partial charge in [0.15, 0.2) is 0 Å². The maximum absolute atomic E-state index is 11.8. The number of nitrogens with zero attached hydrogens (tertiary/aromatic N) is 2. The number of anilines is 1. The molecular weight excluding hydrogens is 300 g/mol. The molecule has 0 aliphatic carbocycles. The first-order valence-corrected chi connectivity index (χ1v) is 7.64. The minimum absolute atomic E-state index is 0.0379. The minimum Gasteiger partial charge on any atom is -0.356 e. The molecule has 116 valence electrons. The van der Waals surface area contributed by atoms with E-state index in [1.54, 1.807) is 18.5 Å². The Bertz CT molecular complexity index is 592. The number of rotatable bonds is 8. The Labute approximate surface area is 135 Å². The van der Waals surface area contributed by atoms with Gasteiger partial charge in [-0.15, -0.1) is 0 Å². The van der Waals surface area contributed by atoms with Crippen LogP contribution < -0.4 is 10.6 Å². The predicted molar refractivity (Wildman–Crippen MR) is 87.9 cm³/mol. The van der Waals surface area contributed by atoms with E-state index >= 15 is 0 Å². The largest absolute Gasteiger partial charge is 0.356 e. The van der Waals surface area contributed by atoms with Crippen molar-refractivity contribution >= 4 is 23.5 Å². The van der Waals surface area contributed by atoms with E-state index in [4.69, 9.17) is 11.6 Å². The molecule has 0 saturated carbocycles. The summed E-state index contributed by atoms with van der Waals surface area (Å²) in [6.07, 6.45) is 5.29. The highest BCUT2D eigenvalue weighted by Crippen LogP contribution is 2.16. The highest BCUT2D eigenvalue weighted by Gasteiger charge is 2.04. The van der Waals surface area contributed by atoms with E-state index in [1.807, 2.05) is 24.3 Å². The summed E-state index contributed by atoms with van der Waals surface area (Å²) in [6, 6.07) is 9.36. The predicted octanol–water partition coefficient (Wildman–Crippen LogP) is 2.68. The lowest BCUT2D eigenvalue weighted by Crippen LogP contribution is -2.26. The summed E-state index contributed by atoms with van der Waals surface area (Å²) >= 11 is 6.06. The molecule has 1 amide bonds. The molecule has 0 aliphatic rings. The maximum atomic E-state index is 11.8. The van der Waals surface area contributed by atoms with E-state index in [9.17, 15) is 4.79 Å². The zero-order valence-corrected chi connectivity index (χ0v) is 13.0. The van der Waals surface area contributed by atoms with Crippen LogP contribution in [0.25, 0.3) is 0 Å². The Hall–Kier alpha value is -2.14. The molecule has 1 heterocycles. The molecule has 2 aromatic rings. The van der Waals surface area contributed by atoms with Gasteiger partial charge in [0.2, 0.25) is 11.9 Å². The molecule has 0 fully saturated rings. The molecule has 0 saturated heterocycles. The molecule has 0 spiro atoms. The molecule has 1 aromatic heterocycles. The molecule has 2 N–H and O–H groups in total. The van der Waals surface area contributed by atoms with Gasteiger partial charge in [0, 0.05) is 36.9 Å². The standard InChI is InChI=1S/C16H19ClN4O/c17-14-6-2-1-5-13(14)7-8-15(22)18-9-3-10-19-16-20-11-4-12-21-16/h1-2,4-6,11-12H,3,7-10H2,(H,18,22)(H,19,20,21). The molecule has 6 heteroatoms. The number of hydrogen-bond donors (Lipinski definition) is 2. The molecule has 0 aliphatic heterocycles. The molecule has 1 aromatic carbocycles. The second-order valence-corrected chi connectivity index (χ2v) is 5.20. The number of amides is 1. The summed E-state index contributed by atoms with van der Waals surface area (Å²) in [5.41, 5.74) is 1.00. The first-order valence-electron chi connectivity index (χ1n) is 7.26. The third-order valence-electron chi connectivity index (χ3n) is 3.10. The monoisotopic (exact) mass is 318 g/mol. The smallest absolute Gasteiger partial charge is 0.222 e. The van der Waals surface area contributed by atoms with Crippen LogP contribution in [0, 0.1) is 0 Å². The van der Waals surface area contributed by atoms with Crippen molar-refractivity contribution in [1.82, 2.24) is 15.3 Å². The highest BCUT2D eigenvalue weighted by atomic mass is 35.5. The van der Waals surface area contributed by atoms with Crippen molar-refractivity contribution < 1.29 is 4.79 Å². The zero-order valence-electron chi connectivity index (χ0n) is 12.3. The van der Waals surface area contributed by atoms with E-state index < -0.39 is 0 Å². The number of nitrogens with one attached hydrogen (secondary N) is 2. The van der Waals surface area contributed by atoms with Gasteiger partial charge in [-0.2, -0.15) is 0 Å². The Kier molecular flexibility index (Phi) is 6.64. The molecule has 0 atom stereocenters. The minimum atomic E-state index is 0.0379. The summed E-state index contributed by atoms with van der Waals surface area (Å²) in [5.74, 6) is 0.642. The van der Waals surface area contributed by atoms with Crippen LogP contribution in [0.15, 0.2) is 42.7 Å². The van der Waals surface area contributed by atoms with Crippen LogP contribution in [-0.2, 0) is 11.2 Å². The van der Waals surface area contributed by atoms with Crippen LogP contribution in [-0.4, -0.2) is 29.0 Å². The van der Waals surface area contributed by atoms with Crippen LogP contribution in [0.4, 0.5) is 5.95 Å². The molecular formula is C16H19ClN4O. The van der Waals surface area contributed by atoms with Crippen molar-refractivity contribution in [2.24, 2.45) is 0 Å². The number of carbonyl (C=O) groups is 1. The number of halogens is 1. The van der Waals surface area contributed by atoms with E-state index in [0.717, 1.165) is 18.5 Å². The van der Waals surface area contributed by atoms with Gasteiger partial charge in [-0.1, -0.05) is 29.8 Å². The third kappa shape index (κ3) is 5.69. The van der Waals surface area contributed by atoms with Gasteiger partial charge in [0.1, 0.15) is 0 Å². The van der Waals surface area contributed by atoms with Crippen LogP contribution >= 0.6 is 11.6 Å². The fraction of sp³-hybridized carbons (Fsp3) is 0.312. The summed E-state index contributed by atoms with van der Waals surface area (Å²) in [4.78, 5) is 19.9. The SMILES string of the molecule is O=C(CCc1ccccc1Cl)NCCCNc1ncccn1. The van der Waals surface area contributed by atoms with E-state index in [1.165, 1.54) is 0 Å². The molecule has 22 heavy (non-hydrogen) atoms. The Morgan fingerprint density at radius 3 is 2.64 bits per heavy atom. The quantitative estimate of drug-likeness (QED) is 0.734. The fourth-order valence-electron chi connectivity index (χ4n) is 1.94. The fourth-order valence-corrected chi connectivity index (χ4v) is 2.17. The van der Waals surface area contributed by atoms with Crippen LogP contribution in [0.5, 0.6) is 0 Å². The average molecular weight is 319 g/mol. The third-order valence-corrected chi connectivity index (χ3v) is 3.47. The number of aryl methyl sites for hydroxylation is 1. The average Bonchev–Trinajstić information content (AvgIpc) is 2.55. The number of benzene rings is 1. The summed E-state index contributed by atoms with van der Waals surface area (Å²) < 4.78 is 0. The topological polar surface area (TPSA) is 66.9 Å². The van der Waals surface area contributed by atoms with Crippen molar-refractivity contribution in [2.45, 2.75) is 19.3 Å². The molecule has 5 nitrogen and oxygen atoms in total. The van der Waals surface area contributed by atoms with Crippen molar-refractivity contribution in [3.05, 3.63) is 53.3 Å². The number of hydrogen-bond acceptors (Lipinski definition) is 4.